The molecule has 1 rings (SSSR count). The summed E-state index contributed by atoms with van der Waals surface area (Å²) in [6.07, 6.45) is 0. The summed E-state index contributed by atoms with van der Waals surface area (Å²) in [5, 5.41) is 5.87. The highest BCUT2D eigenvalue weighted by Crippen LogP contribution is 2.25. The smallest absolute Gasteiger partial charge is 0.224 e. The van der Waals surface area contributed by atoms with Gasteiger partial charge in [-0.05, 0) is 30.2 Å². The third-order valence-electron chi connectivity index (χ3n) is 3.33. The first-order valence-corrected chi connectivity index (χ1v) is 7.50. The molecule has 0 heterocycles. The molecule has 22 heavy (non-hydrogen) atoms. The Hall–Kier alpha value is -1.26. The number of benzene rings is 1. The van der Waals surface area contributed by atoms with Crippen LogP contribution in [0.25, 0.3) is 0 Å². The lowest BCUT2D eigenvalue weighted by atomic mass is 9.87. The van der Waals surface area contributed by atoms with Crippen molar-refractivity contribution in [2.75, 3.05) is 26.7 Å². The normalized spacial score (nSPS) is 12.2. The van der Waals surface area contributed by atoms with Crippen molar-refractivity contribution in [2.45, 2.75) is 33.1 Å². The summed E-state index contributed by atoms with van der Waals surface area (Å²) in [6.45, 7) is 10.1. The molecule has 0 aromatic heterocycles. The molecule has 0 fully saturated rings. The number of hydrogen-bond donors (Lipinski definition) is 2. The Morgan fingerprint density at radius 1 is 1.32 bits per heavy atom. The van der Waals surface area contributed by atoms with Crippen molar-refractivity contribution in [3.8, 4) is 5.75 Å². The standard InChI is InChI=1S/C17H28N2O2.ClH/c1-13(12-18-5)16(20)19-9-10-21-15-8-6-7-14(11-15)17(2,3)4;/h6-8,11,13,18H,9-10,12H2,1-5H3,(H,19,20);1H. The lowest BCUT2D eigenvalue weighted by molar-refractivity contribution is -0.124. The maximum Gasteiger partial charge on any atom is 0.224 e. The molecular weight excluding hydrogens is 300 g/mol. The van der Waals surface area contributed by atoms with Crippen LogP contribution in [0.4, 0.5) is 0 Å². The van der Waals surface area contributed by atoms with Crippen LogP contribution in [0.2, 0.25) is 0 Å². The van der Waals surface area contributed by atoms with Crippen molar-refractivity contribution in [1.82, 2.24) is 10.6 Å². The first-order valence-electron chi connectivity index (χ1n) is 7.50. The van der Waals surface area contributed by atoms with Gasteiger partial charge in [0.15, 0.2) is 0 Å². The van der Waals surface area contributed by atoms with Crippen molar-refractivity contribution in [1.29, 1.82) is 0 Å². The quantitative estimate of drug-likeness (QED) is 0.757. The molecule has 2 N–H and O–H groups in total. The first kappa shape index (κ1) is 20.7. The summed E-state index contributed by atoms with van der Waals surface area (Å²) >= 11 is 0. The van der Waals surface area contributed by atoms with E-state index in [1.165, 1.54) is 5.56 Å². The number of amides is 1. The summed E-state index contributed by atoms with van der Waals surface area (Å²) < 4.78 is 5.70. The zero-order chi connectivity index (χ0) is 15.9. The first-order chi connectivity index (χ1) is 9.84. The number of ether oxygens (including phenoxy) is 1. The number of halogens is 1. The average Bonchev–Trinajstić information content (AvgIpc) is 2.43. The molecule has 1 amide bonds. The minimum absolute atomic E-state index is 0. The van der Waals surface area contributed by atoms with Gasteiger partial charge in [-0.2, -0.15) is 0 Å². The predicted molar refractivity (Wildman–Crippen MR) is 94.0 cm³/mol. The van der Waals surface area contributed by atoms with Gasteiger partial charge in [0.1, 0.15) is 12.4 Å². The Kier molecular flexibility index (Phi) is 9.14. The van der Waals surface area contributed by atoms with Gasteiger partial charge in [-0.25, -0.2) is 0 Å². The molecule has 1 aromatic carbocycles. The molecule has 126 valence electrons. The van der Waals surface area contributed by atoms with Crippen LogP contribution in [0.3, 0.4) is 0 Å². The number of rotatable bonds is 7. The number of carbonyl (C=O) groups is 1. The van der Waals surface area contributed by atoms with Gasteiger partial charge < -0.3 is 15.4 Å². The number of carbonyl (C=O) groups excluding carboxylic acids is 1. The van der Waals surface area contributed by atoms with E-state index in [9.17, 15) is 4.79 Å². The van der Waals surface area contributed by atoms with Crippen LogP contribution in [0.1, 0.15) is 33.3 Å². The third-order valence-corrected chi connectivity index (χ3v) is 3.33. The number of nitrogens with one attached hydrogen (secondary N) is 2. The van der Waals surface area contributed by atoms with Crippen LogP contribution in [0.15, 0.2) is 24.3 Å². The Labute approximate surface area is 140 Å². The fourth-order valence-corrected chi connectivity index (χ4v) is 1.97. The van der Waals surface area contributed by atoms with Gasteiger partial charge >= 0.3 is 0 Å². The van der Waals surface area contributed by atoms with E-state index < -0.39 is 0 Å². The molecule has 1 atom stereocenters. The summed E-state index contributed by atoms with van der Waals surface area (Å²) in [7, 11) is 1.84. The fourth-order valence-electron chi connectivity index (χ4n) is 1.97. The fraction of sp³-hybridized carbons (Fsp3) is 0.588. The molecule has 0 saturated heterocycles. The molecule has 0 aliphatic heterocycles. The maximum atomic E-state index is 11.7. The van der Waals surface area contributed by atoms with Gasteiger partial charge in [0.25, 0.3) is 0 Å². The molecule has 0 spiro atoms. The van der Waals surface area contributed by atoms with Gasteiger partial charge in [0.2, 0.25) is 5.91 Å². The Bertz CT molecular complexity index is 458. The molecule has 0 saturated carbocycles. The second-order valence-corrected chi connectivity index (χ2v) is 6.38. The molecule has 0 radical (unpaired) electrons. The lowest BCUT2D eigenvalue weighted by Crippen LogP contribution is -2.36. The molecule has 4 nitrogen and oxygen atoms in total. The topological polar surface area (TPSA) is 50.4 Å². The summed E-state index contributed by atoms with van der Waals surface area (Å²) in [6, 6.07) is 8.11. The van der Waals surface area contributed by atoms with Crippen LogP contribution in [-0.2, 0) is 10.2 Å². The summed E-state index contributed by atoms with van der Waals surface area (Å²) in [5.74, 6) is 0.871. The minimum Gasteiger partial charge on any atom is -0.492 e. The second kappa shape index (κ2) is 9.70. The molecule has 1 aromatic rings. The van der Waals surface area contributed by atoms with E-state index in [1.54, 1.807) is 0 Å². The molecule has 5 heteroatoms. The zero-order valence-corrected chi connectivity index (χ0v) is 15.0. The van der Waals surface area contributed by atoms with Gasteiger partial charge in [0, 0.05) is 12.5 Å². The third kappa shape index (κ3) is 7.14. The zero-order valence-electron chi connectivity index (χ0n) is 14.2. The van der Waals surface area contributed by atoms with Crippen molar-refractivity contribution in [3.05, 3.63) is 29.8 Å². The van der Waals surface area contributed by atoms with Crippen LogP contribution < -0.4 is 15.4 Å². The highest BCUT2D eigenvalue weighted by Gasteiger charge is 2.14. The molecule has 0 aliphatic rings. The monoisotopic (exact) mass is 328 g/mol. The van der Waals surface area contributed by atoms with Crippen LogP contribution in [0.5, 0.6) is 5.75 Å². The molecule has 1 unspecified atom stereocenters. The van der Waals surface area contributed by atoms with Crippen LogP contribution in [-0.4, -0.2) is 32.7 Å². The Balaban J connectivity index is 0.00000441. The van der Waals surface area contributed by atoms with Crippen molar-refractivity contribution in [2.24, 2.45) is 5.92 Å². The van der Waals surface area contributed by atoms with Gasteiger partial charge in [-0.1, -0.05) is 39.8 Å². The van der Waals surface area contributed by atoms with E-state index in [0.717, 1.165) is 5.75 Å². The molecule has 0 bridgehead atoms. The molecular formula is C17H29ClN2O2. The summed E-state index contributed by atoms with van der Waals surface area (Å²) in [4.78, 5) is 11.7. The van der Waals surface area contributed by atoms with E-state index in [4.69, 9.17) is 4.74 Å². The van der Waals surface area contributed by atoms with Crippen molar-refractivity contribution in [3.63, 3.8) is 0 Å². The van der Waals surface area contributed by atoms with Gasteiger partial charge in [0.05, 0.1) is 6.54 Å². The van der Waals surface area contributed by atoms with Crippen molar-refractivity contribution >= 4 is 18.3 Å². The van der Waals surface area contributed by atoms with E-state index in [2.05, 4.69) is 43.5 Å². The van der Waals surface area contributed by atoms with Crippen LogP contribution >= 0.6 is 12.4 Å². The highest BCUT2D eigenvalue weighted by atomic mass is 35.5. The maximum absolute atomic E-state index is 11.7. The van der Waals surface area contributed by atoms with Crippen molar-refractivity contribution < 1.29 is 9.53 Å². The van der Waals surface area contributed by atoms with E-state index >= 15 is 0 Å². The van der Waals surface area contributed by atoms with Gasteiger partial charge in [-0.3, -0.25) is 4.79 Å². The van der Waals surface area contributed by atoms with E-state index in [0.29, 0.717) is 19.7 Å². The number of hydrogen-bond acceptors (Lipinski definition) is 3. The van der Waals surface area contributed by atoms with E-state index in [1.807, 2.05) is 26.1 Å². The van der Waals surface area contributed by atoms with Crippen LogP contribution in [0, 0.1) is 5.92 Å². The largest absolute Gasteiger partial charge is 0.492 e. The minimum atomic E-state index is -0.0285. The van der Waals surface area contributed by atoms with E-state index in [-0.39, 0.29) is 29.6 Å². The average molecular weight is 329 g/mol. The lowest BCUT2D eigenvalue weighted by Gasteiger charge is -2.20. The SMILES string of the molecule is CNCC(C)C(=O)NCCOc1cccc(C(C)(C)C)c1.Cl. The molecule has 0 aliphatic carbocycles. The van der Waals surface area contributed by atoms with Gasteiger partial charge in [-0.15, -0.1) is 12.4 Å². The summed E-state index contributed by atoms with van der Waals surface area (Å²) in [5.41, 5.74) is 1.35. The highest BCUT2D eigenvalue weighted by molar-refractivity contribution is 5.85. The Morgan fingerprint density at radius 2 is 2.00 bits per heavy atom. The Morgan fingerprint density at radius 3 is 2.59 bits per heavy atom. The predicted octanol–water partition coefficient (Wildman–Crippen LogP) is 2.76. The second-order valence-electron chi connectivity index (χ2n) is 6.38.